The van der Waals surface area contributed by atoms with E-state index in [-0.39, 0.29) is 11.5 Å². The Morgan fingerprint density at radius 1 is 0.913 bits per heavy atom. The Morgan fingerprint density at radius 2 is 1.70 bits per heavy atom. The number of pyridine rings is 2. The normalized spacial score (nSPS) is 11.2. The Hall–Kier alpha value is -2.85. The van der Waals surface area contributed by atoms with Crippen LogP contribution in [0, 0.1) is 0 Å². The van der Waals surface area contributed by atoms with Gasteiger partial charge in [0, 0.05) is 18.3 Å². The number of aromatic nitrogens is 2. The van der Waals surface area contributed by atoms with Crippen molar-refractivity contribution in [1.29, 1.82) is 0 Å². The quantitative estimate of drug-likeness (QED) is 0.525. The molecule has 5 heteroatoms. The van der Waals surface area contributed by atoms with Gasteiger partial charge >= 0.3 is 0 Å². The van der Waals surface area contributed by atoms with E-state index in [1.807, 2.05) is 16.7 Å². The molecule has 4 rings (SSSR count). The molecule has 2 aromatic carbocycles. The van der Waals surface area contributed by atoms with Crippen molar-refractivity contribution in [2.75, 3.05) is 0 Å². The third-order valence-corrected chi connectivity index (χ3v) is 3.98. The second kappa shape index (κ2) is 5.11. The lowest BCUT2D eigenvalue weighted by atomic mass is 10.1. The molecule has 4 nitrogen and oxygen atoms in total. The fraction of sp³-hybridized carbons (Fsp3) is 0. The van der Waals surface area contributed by atoms with Crippen LogP contribution in [0.5, 0.6) is 11.5 Å². The maximum Gasteiger partial charge on any atom is 0.222 e. The van der Waals surface area contributed by atoms with Gasteiger partial charge in [-0.3, -0.25) is 4.98 Å². The van der Waals surface area contributed by atoms with Crippen LogP contribution in [-0.2, 0) is 0 Å². The summed E-state index contributed by atoms with van der Waals surface area (Å²) in [6, 6.07) is 13.9. The van der Waals surface area contributed by atoms with Crippen LogP contribution in [0.2, 0.25) is 5.02 Å². The molecule has 4 aromatic rings. The molecule has 23 heavy (non-hydrogen) atoms. The molecule has 0 spiro atoms. The summed E-state index contributed by atoms with van der Waals surface area (Å²) in [5.41, 5.74) is 2.52. The Labute approximate surface area is 136 Å². The fourth-order valence-corrected chi connectivity index (χ4v) is 3.00. The SMILES string of the molecule is Oc1ccc2c(c1)cc(Cl)c[n+]2-c1ccnc2ccc(O)cc12. The smallest absolute Gasteiger partial charge is 0.222 e. The Kier molecular flexibility index (Phi) is 3.06. The first-order valence-electron chi connectivity index (χ1n) is 7.04. The zero-order valence-corrected chi connectivity index (χ0v) is 12.7. The van der Waals surface area contributed by atoms with Gasteiger partial charge in [-0.2, -0.15) is 4.57 Å². The van der Waals surface area contributed by atoms with Crippen molar-refractivity contribution in [3.8, 4) is 17.2 Å². The summed E-state index contributed by atoms with van der Waals surface area (Å²) in [6.07, 6.45) is 3.52. The van der Waals surface area contributed by atoms with E-state index >= 15 is 0 Å². The average molecular weight is 324 g/mol. The highest BCUT2D eigenvalue weighted by Gasteiger charge is 2.18. The number of phenolic OH excluding ortho intramolecular Hbond substituents is 2. The molecular weight excluding hydrogens is 312 g/mol. The van der Waals surface area contributed by atoms with Crippen molar-refractivity contribution in [2.24, 2.45) is 0 Å². The molecule has 2 heterocycles. The van der Waals surface area contributed by atoms with Crippen molar-refractivity contribution in [3.63, 3.8) is 0 Å². The summed E-state index contributed by atoms with van der Waals surface area (Å²) < 4.78 is 1.93. The Bertz CT molecular complexity index is 1060. The second-order valence-corrected chi connectivity index (χ2v) is 5.74. The zero-order valence-electron chi connectivity index (χ0n) is 11.9. The van der Waals surface area contributed by atoms with E-state index in [4.69, 9.17) is 11.6 Å². The van der Waals surface area contributed by atoms with E-state index < -0.39 is 0 Å². The van der Waals surface area contributed by atoms with Gasteiger partial charge in [-0.25, -0.2) is 0 Å². The lowest BCUT2D eigenvalue weighted by Crippen LogP contribution is -2.31. The predicted molar refractivity (Wildman–Crippen MR) is 89.1 cm³/mol. The molecule has 0 unspecified atom stereocenters. The number of phenols is 2. The summed E-state index contributed by atoms with van der Waals surface area (Å²) in [5.74, 6) is 0.361. The van der Waals surface area contributed by atoms with Gasteiger partial charge in [-0.05, 0) is 36.4 Å². The standard InChI is InChI=1S/C18H11ClN2O2/c19-12-7-11-8-13(22)2-4-17(11)21(10-12)18-5-6-20-16-3-1-14(23)9-15(16)18/h1-10H,(H-,22,23)/p+1. The zero-order chi connectivity index (χ0) is 16.0. The van der Waals surface area contributed by atoms with Gasteiger partial charge in [-0.15, -0.1) is 0 Å². The molecule has 2 aromatic heterocycles. The van der Waals surface area contributed by atoms with Gasteiger partial charge in [0.1, 0.15) is 16.5 Å². The van der Waals surface area contributed by atoms with E-state index in [1.165, 1.54) is 0 Å². The molecule has 0 saturated carbocycles. The van der Waals surface area contributed by atoms with Crippen LogP contribution in [0.25, 0.3) is 27.5 Å². The molecular formula is C18H12ClN2O2+. The number of benzene rings is 2. The van der Waals surface area contributed by atoms with Crippen LogP contribution in [0.4, 0.5) is 0 Å². The van der Waals surface area contributed by atoms with E-state index in [1.54, 1.807) is 48.8 Å². The molecule has 0 radical (unpaired) electrons. The number of aromatic hydroxyl groups is 2. The molecule has 0 saturated heterocycles. The molecule has 0 aliphatic carbocycles. The molecule has 0 fully saturated rings. The Morgan fingerprint density at radius 3 is 2.57 bits per heavy atom. The molecule has 0 amide bonds. The molecule has 0 bridgehead atoms. The maximum atomic E-state index is 9.81. The van der Waals surface area contributed by atoms with Crippen molar-refractivity contribution < 1.29 is 14.8 Å². The minimum Gasteiger partial charge on any atom is -0.508 e. The number of hydrogen-bond acceptors (Lipinski definition) is 3. The van der Waals surface area contributed by atoms with E-state index in [9.17, 15) is 10.2 Å². The van der Waals surface area contributed by atoms with E-state index in [2.05, 4.69) is 4.98 Å². The van der Waals surface area contributed by atoms with Crippen molar-refractivity contribution >= 4 is 33.4 Å². The first-order valence-corrected chi connectivity index (χ1v) is 7.42. The van der Waals surface area contributed by atoms with E-state index in [0.29, 0.717) is 5.02 Å². The van der Waals surface area contributed by atoms with Crippen molar-refractivity contribution in [1.82, 2.24) is 4.98 Å². The minimum absolute atomic E-state index is 0.177. The number of hydrogen-bond donors (Lipinski definition) is 2. The van der Waals surface area contributed by atoms with Crippen LogP contribution < -0.4 is 4.57 Å². The highest BCUT2D eigenvalue weighted by molar-refractivity contribution is 6.30. The van der Waals surface area contributed by atoms with Gasteiger partial charge in [0.2, 0.25) is 11.2 Å². The molecule has 0 aliphatic rings. The van der Waals surface area contributed by atoms with Gasteiger partial charge in [0.25, 0.3) is 0 Å². The lowest BCUT2D eigenvalue weighted by Gasteiger charge is -2.05. The topological polar surface area (TPSA) is 57.2 Å². The van der Waals surface area contributed by atoms with Crippen LogP contribution >= 0.6 is 11.6 Å². The lowest BCUT2D eigenvalue weighted by molar-refractivity contribution is -0.565. The van der Waals surface area contributed by atoms with Crippen LogP contribution in [0.1, 0.15) is 0 Å². The predicted octanol–water partition coefficient (Wildman–Crippen LogP) is 3.73. The van der Waals surface area contributed by atoms with Crippen LogP contribution in [0.15, 0.2) is 60.9 Å². The van der Waals surface area contributed by atoms with Crippen molar-refractivity contribution in [2.45, 2.75) is 0 Å². The second-order valence-electron chi connectivity index (χ2n) is 5.30. The first kappa shape index (κ1) is 13.8. The Balaban J connectivity index is 2.12. The summed E-state index contributed by atoms with van der Waals surface area (Å²) >= 11 is 6.24. The number of nitrogens with zero attached hydrogens (tertiary/aromatic N) is 2. The molecule has 0 aliphatic heterocycles. The maximum absolute atomic E-state index is 9.81. The first-order chi connectivity index (χ1) is 11.1. The fourth-order valence-electron chi connectivity index (χ4n) is 2.78. The van der Waals surface area contributed by atoms with E-state index in [0.717, 1.165) is 27.5 Å². The summed E-state index contributed by atoms with van der Waals surface area (Å²) in [6.45, 7) is 0. The number of fused-ring (bicyclic) bond motifs is 2. The summed E-state index contributed by atoms with van der Waals surface area (Å²) in [4.78, 5) is 4.33. The van der Waals surface area contributed by atoms with Gasteiger partial charge in [0.05, 0.1) is 16.3 Å². The third kappa shape index (κ3) is 2.33. The van der Waals surface area contributed by atoms with Gasteiger partial charge < -0.3 is 10.2 Å². The largest absolute Gasteiger partial charge is 0.508 e. The van der Waals surface area contributed by atoms with Crippen molar-refractivity contribution in [3.05, 3.63) is 65.9 Å². The monoisotopic (exact) mass is 323 g/mol. The molecule has 112 valence electrons. The average Bonchev–Trinajstić information content (AvgIpc) is 2.53. The van der Waals surface area contributed by atoms with Crippen LogP contribution in [-0.4, -0.2) is 15.2 Å². The van der Waals surface area contributed by atoms with Gasteiger partial charge in [0.15, 0.2) is 6.20 Å². The number of rotatable bonds is 1. The van der Waals surface area contributed by atoms with Gasteiger partial charge in [-0.1, -0.05) is 11.6 Å². The minimum atomic E-state index is 0.177. The number of halogens is 1. The highest BCUT2D eigenvalue weighted by atomic mass is 35.5. The van der Waals surface area contributed by atoms with Crippen LogP contribution in [0.3, 0.4) is 0 Å². The highest BCUT2D eigenvalue weighted by Crippen LogP contribution is 2.25. The third-order valence-electron chi connectivity index (χ3n) is 3.78. The molecule has 2 N–H and O–H groups in total. The summed E-state index contributed by atoms with van der Waals surface area (Å²) in [5, 5.41) is 21.7. The summed E-state index contributed by atoms with van der Waals surface area (Å²) in [7, 11) is 0. The molecule has 0 atom stereocenters.